The Labute approximate surface area is 294 Å². The number of carbonyl (C=O) groups excluding carboxylic acids is 2. The van der Waals surface area contributed by atoms with Crippen molar-refractivity contribution in [3.8, 4) is 0 Å². The molecule has 1 atom stereocenters. The van der Waals surface area contributed by atoms with Gasteiger partial charge in [-0.3, -0.25) is 13.9 Å². The average molecular weight is 791 g/mol. The Kier molecular flexibility index (Phi) is 11.6. The summed E-state index contributed by atoms with van der Waals surface area (Å²) in [5, 5.41) is 3.85. The summed E-state index contributed by atoms with van der Waals surface area (Å²) >= 11 is 14.7. The highest BCUT2D eigenvalue weighted by Gasteiger charge is 2.35. The molecule has 2 amide bonds. The van der Waals surface area contributed by atoms with Crippen molar-refractivity contribution in [1.82, 2.24) is 10.2 Å². The number of rotatable bonds is 12. The molecule has 4 aromatic carbocycles. The van der Waals surface area contributed by atoms with E-state index in [-0.39, 0.29) is 29.8 Å². The van der Waals surface area contributed by atoms with E-state index < -0.39 is 28.5 Å². The molecule has 5 rings (SSSR count). The van der Waals surface area contributed by atoms with Gasteiger partial charge in [0.25, 0.3) is 10.0 Å². The van der Waals surface area contributed by atoms with Gasteiger partial charge in [-0.1, -0.05) is 90.6 Å². The number of amides is 2. The number of hydrogen-bond donors (Lipinski definition) is 1. The molecule has 11 heteroatoms. The summed E-state index contributed by atoms with van der Waals surface area (Å²) in [6, 6.07) is 28.6. The molecule has 240 valence electrons. The molecule has 1 fully saturated rings. The molecule has 1 saturated carbocycles. The van der Waals surface area contributed by atoms with Gasteiger partial charge in [0.05, 0.1) is 20.6 Å². The standard InChI is InChI=1S/C35H34Cl2IN3O4S/c36-31-20-15-26(21-32(31)37)23-40(33(22-25-9-3-1-4-10-25)35(43)39-28-11-7-8-12-28)34(42)24-41(29-18-16-27(38)17-19-29)46(44,45)30-13-5-2-6-14-30/h1-6,9-10,13-21,28,33H,7-8,11-12,22-24H2,(H,39,43)/t33-/m0/s1. The highest BCUT2D eigenvalue weighted by Crippen LogP contribution is 2.28. The number of carbonyl (C=O) groups is 2. The lowest BCUT2D eigenvalue weighted by Gasteiger charge is -2.34. The summed E-state index contributed by atoms with van der Waals surface area (Å²) in [5.74, 6) is -0.817. The largest absolute Gasteiger partial charge is 0.352 e. The molecule has 1 N–H and O–H groups in total. The second-order valence-corrected chi connectivity index (χ2v) is 15.2. The van der Waals surface area contributed by atoms with Crippen LogP contribution in [0.2, 0.25) is 10.0 Å². The predicted octanol–water partition coefficient (Wildman–Crippen LogP) is 7.49. The third-order valence-electron chi connectivity index (χ3n) is 8.03. The molecule has 0 radical (unpaired) electrons. The summed E-state index contributed by atoms with van der Waals surface area (Å²) in [5.41, 5.74) is 1.86. The van der Waals surface area contributed by atoms with Gasteiger partial charge in [0, 0.05) is 22.6 Å². The lowest BCUT2D eigenvalue weighted by atomic mass is 10.0. The first-order valence-corrected chi connectivity index (χ1v) is 18.3. The van der Waals surface area contributed by atoms with Crippen LogP contribution in [0.5, 0.6) is 0 Å². The fourth-order valence-corrected chi connectivity index (χ4v) is 7.73. The van der Waals surface area contributed by atoms with E-state index in [4.69, 9.17) is 23.2 Å². The minimum atomic E-state index is -4.16. The number of benzene rings is 4. The van der Waals surface area contributed by atoms with E-state index in [1.807, 2.05) is 30.3 Å². The highest BCUT2D eigenvalue weighted by atomic mass is 127. The molecule has 1 aliphatic carbocycles. The molecule has 4 aromatic rings. The van der Waals surface area contributed by atoms with Gasteiger partial charge >= 0.3 is 0 Å². The van der Waals surface area contributed by atoms with Crippen molar-refractivity contribution >= 4 is 73.3 Å². The quantitative estimate of drug-likeness (QED) is 0.151. The van der Waals surface area contributed by atoms with Gasteiger partial charge in [-0.2, -0.15) is 0 Å². The topological polar surface area (TPSA) is 86.8 Å². The first-order valence-electron chi connectivity index (χ1n) is 15.0. The van der Waals surface area contributed by atoms with Crippen LogP contribution in [0, 0.1) is 3.57 Å². The third kappa shape index (κ3) is 8.61. The molecular weight excluding hydrogens is 756 g/mol. The number of anilines is 1. The SMILES string of the molecule is O=C(NC1CCCC1)[C@H](Cc1ccccc1)N(Cc1ccc(Cl)c(Cl)c1)C(=O)CN(c1ccc(I)cc1)S(=O)(=O)c1ccccc1. The fraction of sp³-hybridized carbons (Fsp3) is 0.257. The van der Waals surface area contributed by atoms with Crippen molar-refractivity contribution in [2.45, 2.75) is 55.6 Å². The van der Waals surface area contributed by atoms with E-state index >= 15 is 0 Å². The van der Waals surface area contributed by atoms with Crippen LogP contribution in [0.15, 0.2) is 108 Å². The number of hydrogen-bond acceptors (Lipinski definition) is 4. The summed E-state index contributed by atoms with van der Waals surface area (Å²) < 4.78 is 30.2. The fourth-order valence-electron chi connectivity index (χ4n) is 5.61. The normalized spacial score (nSPS) is 14.1. The third-order valence-corrected chi connectivity index (χ3v) is 11.3. The van der Waals surface area contributed by atoms with Gasteiger partial charge in [0.2, 0.25) is 11.8 Å². The summed E-state index contributed by atoms with van der Waals surface area (Å²) in [7, 11) is -4.16. The summed E-state index contributed by atoms with van der Waals surface area (Å²) in [6.45, 7) is -0.516. The Balaban J connectivity index is 1.57. The van der Waals surface area contributed by atoms with Crippen molar-refractivity contribution < 1.29 is 18.0 Å². The van der Waals surface area contributed by atoms with Crippen molar-refractivity contribution in [2.75, 3.05) is 10.8 Å². The van der Waals surface area contributed by atoms with Crippen LogP contribution in [-0.4, -0.2) is 43.8 Å². The van der Waals surface area contributed by atoms with Gasteiger partial charge in [-0.05, 0) is 95.1 Å². The zero-order chi connectivity index (χ0) is 32.7. The lowest BCUT2D eigenvalue weighted by Crippen LogP contribution is -2.54. The van der Waals surface area contributed by atoms with E-state index in [0.29, 0.717) is 21.3 Å². The maximum absolute atomic E-state index is 14.6. The van der Waals surface area contributed by atoms with E-state index in [1.54, 1.807) is 60.7 Å². The Hall–Kier alpha value is -3.12. The van der Waals surface area contributed by atoms with Crippen LogP contribution in [0.4, 0.5) is 5.69 Å². The second-order valence-electron chi connectivity index (χ2n) is 11.3. The molecule has 0 saturated heterocycles. The summed E-state index contributed by atoms with van der Waals surface area (Å²) in [4.78, 5) is 30.2. The van der Waals surface area contributed by atoms with E-state index in [2.05, 4.69) is 27.9 Å². The van der Waals surface area contributed by atoms with Gasteiger partial charge < -0.3 is 10.2 Å². The first kappa shape index (κ1) is 34.2. The molecule has 0 aliphatic heterocycles. The van der Waals surface area contributed by atoms with E-state index in [9.17, 15) is 18.0 Å². The molecular formula is C35H34Cl2IN3O4S. The van der Waals surface area contributed by atoms with Gasteiger partial charge in [0.15, 0.2) is 0 Å². The Morgan fingerprint density at radius 2 is 1.46 bits per heavy atom. The zero-order valence-electron chi connectivity index (χ0n) is 25.0. The molecule has 0 aromatic heterocycles. The minimum Gasteiger partial charge on any atom is -0.352 e. The molecule has 7 nitrogen and oxygen atoms in total. The average Bonchev–Trinajstić information content (AvgIpc) is 3.57. The monoisotopic (exact) mass is 789 g/mol. The minimum absolute atomic E-state index is 0.0111. The molecule has 46 heavy (non-hydrogen) atoms. The van der Waals surface area contributed by atoms with Crippen molar-refractivity contribution in [3.63, 3.8) is 0 Å². The predicted molar refractivity (Wildman–Crippen MR) is 191 cm³/mol. The van der Waals surface area contributed by atoms with Crippen LogP contribution in [-0.2, 0) is 32.6 Å². The molecule has 1 aliphatic rings. The maximum atomic E-state index is 14.6. The van der Waals surface area contributed by atoms with Gasteiger partial charge in [-0.15, -0.1) is 0 Å². The van der Waals surface area contributed by atoms with Gasteiger partial charge in [0.1, 0.15) is 12.6 Å². The highest BCUT2D eigenvalue weighted by molar-refractivity contribution is 14.1. The summed E-state index contributed by atoms with van der Waals surface area (Å²) in [6.07, 6.45) is 4.05. The van der Waals surface area contributed by atoms with Crippen LogP contribution in [0.1, 0.15) is 36.8 Å². The molecule has 0 unspecified atom stereocenters. The molecule has 0 bridgehead atoms. The Morgan fingerprint density at radius 1 is 0.826 bits per heavy atom. The van der Waals surface area contributed by atoms with Crippen molar-refractivity contribution in [3.05, 3.63) is 128 Å². The second kappa shape index (κ2) is 15.6. The van der Waals surface area contributed by atoms with E-state index in [1.165, 1.54) is 17.0 Å². The Morgan fingerprint density at radius 3 is 2.09 bits per heavy atom. The molecule has 0 spiro atoms. The molecule has 0 heterocycles. The number of halogens is 3. The van der Waals surface area contributed by atoms with Crippen LogP contribution in [0.3, 0.4) is 0 Å². The van der Waals surface area contributed by atoms with Crippen LogP contribution < -0.4 is 9.62 Å². The van der Waals surface area contributed by atoms with Crippen molar-refractivity contribution in [2.24, 2.45) is 0 Å². The van der Waals surface area contributed by atoms with E-state index in [0.717, 1.165) is 39.1 Å². The van der Waals surface area contributed by atoms with Crippen LogP contribution in [0.25, 0.3) is 0 Å². The van der Waals surface area contributed by atoms with Crippen molar-refractivity contribution in [1.29, 1.82) is 0 Å². The first-order chi connectivity index (χ1) is 22.1. The Bertz CT molecular complexity index is 1750. The maximum Gasteiger partial charge on any atom is 0.264 e. The number of nitrogens with zero attached hydrogens (tertiary/aromatic N) is 2. The number of sulfonamides is 1. The smallest absolute Gasteiger partial charge is 0.264 e. The number of nitrogens with one attached hydrogen (secondary N) is 1. The lowest BCUT2D eigenvalue weighted by molar-refractivity contribution is -0.140. The zero-order valence-corrected chi connectivity index (χ0v) is 29.5. The van der Waals surface area contributed by atoms with Crippen LogP contribution >= 0.6 is 45.8 Å². The van der Waals surface area contributed by atoms with Gasteiger partial charge in [-0.25, -0.2) is 8.42 Å².